The summed E-state index contributed by atoms with van der Waals surface area (Å²) in [5.74, 6) is 1.51. The minimum atomic E-state index is -0.192. The number of carbonyl (C=O) groups is 1. The number of carbonyl (C=O) groups excluding carboxylic acids is 1. The van der Waals surface area contributed by atoms with Gasteiger partial charge in [-0.05, 0) is 43.5 Å². The number of aromatic nitrogens is 1. The van der Waals surface area contributed by atoms with Crippen LogP contribution in [0.2, 0.25) is 0 Å². The summed E-state index contributed by atoms with van der Waals surface area (Å²) in [6, 6.07) is 18.1. The lowest BCUT2D eigenvalue weighted by atomic mass is 10.1. The topological polar surface area (TPSA) is 61.6 Å². The highest BCUT2D eigenvalue weighted by atomic mass is 16.4. The molecule has 5 rings (SSSR count). The zero-order valence-corrected chi connectivity index (χ0v) is 18.6. The molecule has 32 heavy (non-hydrogen) atoms. The largest absolute Gasteiger partial charge is 0.435 e. The highest BCUT2D eigenvalue weighted by Gasteiger charge is 2.25. The third-order valence-corrected chi connectivity index (χ3v) is 6.39. The van der Waals surface area contributed by atoms with Crippen molar-refractivity contribution < 1.29 is 9.21 Å². The number of likely N-dealkylation sites (N-methyl/N-ethyl adjacent to an activating group) is 1. The standard InChI is InChI=1S/C26H30N4O2/c1-29-15-17-30(18-16-29)14-13-27-25(31)23-24(21-5-3-2-4-6-21)32-26(28-23)22-11-9-20(10-12-22)19-7-8-19/h2-6,9-12,19H,7-8,13-18H2,1H3,(H,27,31). The Bertz CT molecular complexity index is 1050. The van der Waals surface area contributed by atoms with Gasteiger partial charge in [-0.2, -0.15) is 0 Å². The summed E-state index contributed by atoms with van der Waals surface area (Å²) in [5, 5.41) is 3.05. The number of oxazole rings is 1. The number of amides is 1. The Morgan fingerprint density at radius 1 is 1.00 bits per heavy atom. The Hall–Kier alpha value is -2.96. The first kappa shape index (κ1) is 20.9. The second kappa shape index (κ2) is 9.27. The van der Waals surface area contributed by atoms with Gasteiger partial charge in [0.15, 0.2) is 11.5 Å². The predicted octanol–water partition coefficient (Wildman–Crippen LogP) is 3.86. The molecular formula is C26H30N4O2. The Kier molecular flexibility index (Phi) is 6.06. The van der Waals surface area contributed by atoms with Gasteiger partial charge >= 0.3 is 0 Å². The Balaban J connectivity index is 1.33. The number of benzene rings is 2. The molecule has 2 aromatic carbocycles. The van der Waals surface area contributed by atoms with E-state index in [0.717, 1.165) is 43.9 Å². The smallest absolute Gasteiger partial charge is 0.273 e. The van der Waals surface area contributed by atoms with Crippen LogP contribution in [-0.4, -0.2) is 67.0 Å². The summed E-state index contributed by atoms with van der Waals surface area (Å²) >= 11 is 0. The van der Waals surface area contributed by atoms with Gasteiger partial charge in [0, 0.05) is 50.4 Å². The molecule has 0 unspecified atom stereocenters. The summed E-state index contributed by atoms with van der Waals surface area (Å²) in [7, 11) is 2.14. The van der Waals surface area contributed by atoms with Crippen molar-refractivity contribution in [3.63, 3.8) is 0 Å². The summed E-state index contributed by atoms with van der Waals surface area (Å²) < 4.78 is 6.14. The van der Waals surface area contributed by atoms with Gasteiger partial charge in [0.05, 0.1) is 0 Å². The number of hydrogen-bond donors (Lipinski definition) is 1. The molecule has 1 saturated heterocycles. The maximum Gasteiger partial charge on any atom is 0.273 e. The molecule has 0 atom stereocenters. The first-order valence-electron chi connectivity index (χ1n) is 11.5. The lowest BCUT2D eigenvalue weighted by Gasteiger charge is -2.32. The van der Waals surface area contributed by atoms with Gasteiger partial charge in [-0.1, -0.05) is 42.5 Å². The highest BCUT2D eigenvalue weighted by Crippen LogP contribution is 2.40. The van der Waals surface area contributed by atoms with Gasteiger partial charge in [0.25, 0.3) is 5.91 Å². The maximum absolute atomic E-state index is 13.1. The average Bonchev–Trinajstić information content (AvgIpc) is 3.59. The van der Waals surface area contributed by atoms with Crippen LogP contribution < -0.4 is 5.32 Å². The molecule has 6 nitrogen and oxygen atoms in total. The van der Waals surface area contributed by atoms with Crippen LogP contribution >= 0.6 is 0 Å². The quantitative estimate of drug-likeness (QED) is 0.617. The van der Waals surface area contributed by atoms with Crippen molar-refractivity contribution in [3.8, 4) is 22.8 Å². The molecule has 1 aliphatic carbocycles. The molecule has 1 amide bonds. The van der Waals surface area contributed by atoms with E-state index in [4.69, 9.17) is 4.42 Å². The van der Waals surface area contributed by atoms with Gasteiger partial charge in [0.1, 0.15) is 0 Å². The fourth-order valence-corrected chi connectivity index (χ4v) is 4.18. The molecule has 1 aromatic heterocycles. The predicted molar refractivity (Wildman–Crippen MR) is 126 cm³/mol. The van der Waals surface area contributed by atoms with Crippen LogP contribution in [0.5, 0.6) is 0 Å². The average molecular weight is 431 g/mol. The SMILES string of the molecule is CN1CCN(CCNC(=O)c2nc(-c3ccc(C4CC4)cc3)oc2-c2ccccc2)CC1. The minimum Gasteiger partial charge on any atom is -0.435 e. The molecule has 0 bridgehead atoms. The molecule has 3 aromatic rings. The first-order chi connectivity index (χ1) is 15.7. The van der Waals surface area contributed by atoms with Gasteiger partial charge in [-0.15, -0.1) is 0 Å². The maximum atomic E-state index is 13.1. The van der Waals surface area contributed by atoms with E-state index in [1.807, 2.05) is 42.5 Å². The zero-order chi connectivity index (χ0) is 21.9. The first-order valence-corrected chi connectivity index (χ1v) is 11.5. The van der Waals surface area contributed by atoms with Crippen LogP contribution in [0.3, 0.4) is 0 Å². The van der Waals surface area contributed by atoms with E-state index in [1.54, 1.807) is 0 Å². The summed E-state index contributed by atoms with van der Waals surface area (Å²) in [4.78, 5) is 22.4. The van der Waals surface area contributed by atoms with Crippen molar-refractivity contribution in [2.24, 2.45) is 0 Å². The summed E-state index contributed by atoms with van der Waals surface area (Å²) in [5.41, 5.74) is 3.45. The van der Waals surface area contributed by atoms with Crippen LogP contribution in [0.4, 0.5) is 0 Å². The molecule has 2 heterocycles. The Morgan fingerprint density at radius 2 is 1.72 bits per heavy atom. The van der Waals surface area contributed by atoms with Crippen molar-refractivity contribution in [2.75, 3.05) is 46.3 Å². The van der Waals surface area contributed by atoms with Gasteiger partial charge in [-0.3, -0.25) is 9.69 Å². The van der Waals surface area contributed by atoms with Gasteiger partial charge in [-0.25, -0.2) is 4.98 Å². The molecule has 1 saturated carbocycles. The van der Waals surface area contributed by atoms with E-state index in [1.165, 1.54) is 18.4 Å². The summed E-state index contributed by atoms with van der Waals surface area (Å²) in [6.07, 6.45) is 2.55. The van der Waals surface area contributed by atoms with E-state index in [9.17, 15) is 4.79 Å². The third kappa shape index (κ3) is 4.76. The van der Waals surface area contributed by atoms with Crippen LogP contribution in [0.25, 0.3) is 22.8 Å². The Morgan fingerprint density at radius 3 is 2.41 bits per heavy atom. The number of hydrogen-bond acceptors (Lipinski definition) is 5. The van der Waals surface area contributed by atoms with Gasteiger partial charge < -0.3 is 14.6 Å². The molecule has 6 heteroatoms. The molecule has 0 spiro atoms. The molecule has 166 valence electrons. The second-order valence-electron chi connectivity index (χ2n) is 8.86. The lowest BCUT2D eigenvalue weighted by Crippen LogP contribution is -2.46. The van der Waals surface area contributed by atoms with E-state index in [2.05, 4.69) is 39.3 Å². The molecule has 2 aliphatic rings. The molecule has 1 N–H and O–H groups in total. The minimum absolute atomic E-state index is 0.192. The number of piperazine rings is 1. The van der Waals surface area contributed by atoms with Crippen LogP contribution in [0, 0.1) is 0 Å². The zero-order valence-electron chi connectivity index (χ0n) is 18.6. The number of nitrogens with one attached hydrogen (secondary N) is 1. The van der Waals surface area contributed by atoms with Crippen molar-refractivity contribution in [2.45, 2.75) is 18.8 Å². The monoisotopic (exact) mass is 430 g/mol. The van der Waals surface area contributed by atoms with Crippen LogP contribution in [-0.2, 0) is 0 Å². The van der Waals surface area contributed by atoms with Crippen LogP contribution in [0.15, 0.2) is 59.0 Å². The lowest BCUT2D eigenvalue weighted by molar-refractivity contribution is 0.0937. The van der Waals surface area contributed by atoms with E-state index < -0.39 is 0 Å². The molecule has 0 radical (unpaired) electrons. The normalized spacial score (nSPS) is 17.4. The van der Waals surface area contributed by atoms with E-state index in [0.29, 0.717) is 29.8 Å². The van der Waals surface area contributed by atoms with E-state index in [-0.39, 0.29) is 5.91 Å². The van der Waals surface area contributed by atoms with Crippen molar-refractivity contribution in [1.29, 1.82) is 0 Å². The Labute approximate surface area is 189 Å². The fraction of sp³-hybridized carbons (Fsp3) is 0.385. The third-order valence-electron chi connectivity index (χ3n) is 6.39. The van der Waals surface area contributed by atoms with Crippen LogP contribution in [0.1, 0.15) is 34.8 Å². The fourth-order valence-electron chi connectivity index (χ4n) is 4.18. The molecule has 1 aliphatic heterocycles. The van der Waals surface area contributed by atoms with Gasteiger partial charge in [0.2, 0.25) is 5.89 Å². The molecular weight excluding hydrogens is 400 g/mol. The van der Waals surface area contributed by atoms with Crippen molar-refractivity contribution in [1.82, 2.24) is 20.1 Å². The second-order valence-corrected chi connectivity index (χ2v) is 8.86. The summed E-state index contributed by atoms with van der Waals surface area (Å²) in [6.45, 7) is 5.64. The van der Waals surface area contributed by atoms with E-state index >= 15 is 0 Å². The number of rotatable bonds is 7. The van der Waals surface area contributed by atoms with Crippen molar-refractivity contribution >= 4 is 5.91 Å². The molecule has 2 fully saturated rings. The van der Waals surface area contributed by atoms with Crippen molar-refractivity contribution in [3.05, 3.63) is 65.9 Å². The number of nitrogens with zero attached hydrogens (tertiary/aromatic N) is 3. The highest BCUT2D eigenvalue weighted by molar-refractivity contribution is 5.98.